The summed E-state index contributed by atoms with van der Waals surface area (Å²) >= 11 is 0. The van der Waals surface area contributed by atoms with Gasteiger partial charge in [-0.25, -0.2) is 9.97 Å². The monoisotopic (exact) mass is 391 g/mol. The van der Waals surface area contributed by atoms with E-state index in [1.165, 1.54) is 23.1 Å². The van der Waals surface area contributed by atoms with Crippen molar-refractivity contribution in [1.29, 1.82) is 0 Å². The average Bonchev–Trinajstić information content (AvgIpc) is 3.09. The minimum absolute atomic E-state index is 0.0327. The van der Waals surface area contributed by atoms with Gasteiger partial charge in [0.25, 0.3) is 0 Å². The van der Waals surface area contributed by atoms with E-state index in [0.717, 1.165) is 5.69 Å². The first-order valence-electron chi connectivity index (χ1n) is 8.50. The molecule has 0 spiro atoms. The number of anilines is 6. The molecule has 0 fully saturated rings. The fraction of sp³-hybridized carbons (Fsp3) is 0. The second kappa shape index (κ2) is 7.80. The van der Waals surface area contributed by atoms with Gasteiger partial charge in [-0.1, -0.05) is 18.2 Å². The topological polar surface area (TPSA) is 150 Å². The zero-order valence-electron chi connectivity index (χ0n) is 15.0. The van der Waals surface area contributed by atoms with Crippen LogP contribution >= 0.6 is 0 Å². The third-order valence-electron chi connectivity index (χ3n) is 3.90. The standard InChI is InChI=1S/C18H17N9O2/c19-17-24-18(23-13-6-8-14(9-7-13)27(28)29)25-26(17)16-10-15(20-11-21-16)22-12-4-2-1-3-5-12/h1-11,28-29H,(H,20,21,22)(H3,19,23,24,25). The molecule has 146 valence electrons. The van der Waals surface area contributed by atoms with Crippen LogP contribution in [0.1, 0.15) is 0 Å². The molecular weight excluding hydrogens is 374 g/mol. The van der Waals surface area contributed by atoms with Crippen molar-refractivity contribution in [3.05, 3.63) is 67.0 Å². The van der Waals surface area contributed by atoms with E-state index in [0.29, 0.717) is 17.3 Å². The summed E-state index contributed by atoms with van der Waals surface area (Å²) in [5.41, 5.74) is 7.73. The van der Waals surface area contributed by atoms with Crippen molar-refractivity contribution in [2.75, 3.05) is 21.6 Å². The molecule has 0 aliphatic heterocycles. The lowest BCUT2D eigenvalue weighted by Crippen LogP contribution is -2.10. The molecule has 2 heterocycles. The molecule has 6 N–H and O–H groups in total. The van der Waals surface area contributed by atoms with Gasteiger partial charge in [0.1, 0.15) is 12.1 Å². The molecule has 4 aromatic rings. The highest BCUT2D eigenvalue weighted by Gasteiger charge is 2.11. The average molecular weight is 391 g/mol. The molecule has 0 aliphatic rings. The van der Waals surface area contributed by atoms with Crippen molar-refractivity contribution < 1.29 is 10.4 Å². The summed E-state index contributed by atoms with van der Waals surface area (Å²) in [7, 11) is 0. The molecule has 0 radical (unpaired) electrons. The Morgan fingerprint density at radius 1 is 0.897 bits per heavy atom. The summed E-state index contributed by atoms with van der Waals surface area (Å²) in [5.74, 6) is 1.43. The highest BCUT2D eigenvalue weighted by atomic mass is 16.8. The Balaban J connectivity index is 1.54. The number of para-hydroxylation sites is 1. The molecule has 0 unspecified atom stereocenters. The van der Waals surface area contributed by atoms with E-state index in [2.05, 4.69) is 30.7 Å². The normalized spacial score (nSPS) is 10.6. The van der Waals surface area contributed by atoms with Crippen LogP contribution in [0.15, 0.2) is 67.0 Å². The fourth-order valence-corrected chi connectivity index (χ4v) is 2.55. The summed E-state index contributed by atoms with van der Waals surface area (Å²) in [6.07, 6.45) is 1.41. The zero-order valence-corrected chi connectivity index (χ0v) is 15.0. The van der Waals surface area contributed by atoms with Gasteiger partial charge in [-0.3, -0.25) is 10.4 Å². The van der Waals surface area contributed by atoms with Crippen molar-refractivity contribution >= 4 is 34.8 Å². The zero-order chi connectivity index (χ0) is 20.2. The third kappa shape index (κ3) is 4.21. The summed E-state index contributed by atoms with van der Waals surface area (Å²) in [5, 5.41) is 28.5. The van der Waals surface area contributed by atoms with Gasteiger partial charge in [0.15, 0.2) is 5.82 Å². The molecule has 4 rings (SSSR count). The quantitative estimate of drug-likeness (QED) is 0.310. The molecular formula is C18H17N9O2. The Hall–Kier alpha value is -4.22. The molecule has 11 heteroatoms. The summed E-state index contributed by atoms with van der Waals surface area (Å²) < 4.78 is 1.39. The number of nitrogens with two attached hydrogens (primary N) is 1. The lowest BCUT2D eigenvalue weighted by molar-refractivity contribution is 0.0292. The van der Waals surface area contributed by atoms with Crippen LogP contribution in [0.4, 0.5) is 34.8 Å². The van der Waals surface area contributed by atoms with Crippen LogP contribution in [0, 0.1) is 0 Å². The second-order valence-electron chi connectivity index (χ2n) is 5.92. The first-order chi connectivity index (χ1) is 14.1. The maximum Gasteiger partial charge on any atom is 0.248 e. The number of nitrogens with zero attached hydrogens (tertiary/aromatic N) is 6. The number of aromatic nitrogens is 5. The number of rotatable bonds is 6. The molecule has 0 saturated carbocycles. The van der Waals surface area contributed by atoms with Crippen molar-refractivity contribution in [1.82, 2.24) is 24.7 Å². The molecule has 0 amide bonds. The van der Waals surface area contributed by atoms with Gasteiger partial charge >= 0.3 is 0 Å². The van der Waals surface area contributed by atoms with Crippen LogP contribution in [0.3, 0.4) is 0 Å². The van der Waals surface area contributed by atoms with Crippen molar-refractivity contribution in [3.63, 3.8) is 0 Å². The lowest BCUT2D eigenvalue weighted by atomic mass is 10.3. The van der Waals surface area contributed by atoms with Gasteiger partial charge in [0.2, 0.25) is 11.9 Å². The van der Waals surface area contributed by atoms with Crippen molar-refractivity contribution in [2.24, 2.45) is 0 Å². The molecule has 0 saturated heterocycles. The Labute approximate surface area is 165 Å². The van der Waals surface area contributed by atoms with Gasteiger partial charge in [-0.15, -0.1) is 10.3 Å². The van der Waals surface area contributed by atoms with E-state index in [1.807, 2.05) is 30.3 Å². The van der Waals surface area contributed by atoms with E-state index >= 15 is 0 Å². The van der Waals surface area contributed by atoms with Crippen LogP contribution in [-0.4, -0.2) is 35.1 Å². The summed E-state index contributed by atoms with van der Waals surface area (Å²) in [6, 6.07) is 17.6. The predicted octanol–water partition coefficient (Wildman–Crippen LogP) is 2.71. The van der Waals surface area contributed by atoms with E-state index in [4.69, 9.17) is 16.1 Å². The highest BCUT2D eigenvalue weighted by molar-refractivity contribution is 5.60. The fourth-order valence-electron chi connectivity index (χ4n) is 2.55. The van der Waals surface area contributed by atoms with Crippen LogP contribution in [-0.2, 0) is 0 Å². The Bertz CT molecular complexity index is 1100. The first kappa shape index (κ1) is 18.2. The minimum atomic E-state index is 0.0327. The molecule has 2 aromatic carbocycles. The molecule has 0 aliphatic carbocycles. The van der Waals surface area contributed by atoms with E-state index in [-0.39, 0.29) is 22.8 Å². The smallest absolute Gasteiger partial charge is 0.248 e. The Kier molecular flexibility index (Phi) is 4.88. The molecule has 29 heavy (non-hydrogen) atoms. The number of hydrogen-bond donors (Lipinski definition) is 5. The van der Waals surface area contributed by atoms with Crippen LogP contribution in [0.5, 0.6) is 0 Å². The number of nitrogens with one attached hydrogen (secondary N) is 2. The Morgan fingerprint density at radius 2 is 1.62 bits per heavy atom. The Morgan fingerprint density at radius 3 is 2.34 bits per heavy atom. The second-order valence-corrected chi connectivity index (χ2v) is 5.92. The van der Waals surface area contributed by atoms with Crippen LogP contribution in [0.25, 0.3) is 5.82 Å². The van der Waals surface area contributed by atoms with Gasteiger partial charge in [-0.05, 0) is 36.4 Å². The van der Waals surface area contributed by atoms with Gasteiger partial charge in [0, 0.05) is 17.4 Å². The number of hydrogen-bond acceptors (Lipinski definition) is 10. The van der Waals surface area contributed by atoms with Gasteiger partial charge < -0.3 is 16.4 Å². The maximum atomic E-state index is 8.99. The van der Waals surface area contributed by atoms with Gasteiger partial charge in [-0.2, -0.15) is 9.67 Å². The van der Waals surface area contributed by atoms with Crippen molar-refractivity contribution in [3.8, 4) is 5.82 Å². The SMILES string of the molecule is Nc1nc(Nc2ccc(N(O)O)cc2)nn1-c1cc(Nc2ccccc2)ncn1. The molecule has 0 bridgehead atoms. The largest absolute Gasteiger partial charge is 0.368 e. The maximum absolute atomic E-state index is 8.99. The third-order valence-corrected chi connectivity index (χ3v) is 3.90. The van der Waals surface area contributed by atoms with Crippen LogP contribution < -0.4 is 21.6 Å². The lowest BCUT2D eigenvalue weighted by Gasteiger charge is -2.08. The number of nitrogen functional groups attached to an aromatic ring is 1. The van der Waals surface area contributed by atoms with E-state index in [9.17, 15) is 0 Å². The van der Waals surface area contributed by atoms with Crippen LogP contribution in [0.2, 0.25) is 0 Å². The van der Waals surface area contributed by atoms with E-state index in [1.54, 1.807) is 18.2 Å². The molecule has 11 nitrogen and oxygen atoms in total. The summed E-state index contributed by atoms with van der Waals surface area (Å²) in [6.45, 7) is 0. The minimum Gasteiger partial charge on any atom is -0.368 e. The number of benzene rings is 2. The molecule has 0 atom stereocenters. The summed E-state index contributed by atoms with van der Waals surface area (Å²) in [4.78, 5) is 12.6. The van der Waals surface area contributed by atoms with Gasteiger partial charge in [0.05, 0.1) is 5.69 Å². The first-order valence-corrected chi connectivity index (χ1v) is 8.50. The molecule has 2 aromatic heterocycles. The van der Waals surface area contributed by atoms with Crippen molar-refractivity contribution in [2.45, 2.75) is 0 Å². The van der Waals surface area contributed by atoms with E-state index < -0.39 is 0 Å². The highest BCUT2D eigenvalue weighted by Crippen LogP contribution is 2.21. The predicted molar refractivity (Wildman–Crippen MR) is 107 cm³/mol.